The number of alkyl halides is 1. The maximum atomic E-state index is 16.5. The number of imidazole rings is 1. The van der Waals surface area contributed by atoms with E-state index in [0.717, 1.165) is 15.9 Å². The molecule has 306 valence electrons. The number of hydrogen-bond acceptors (Lipinski definition) is 10. The second-order valence-electron chi connectivity index (χ2n) is 16.1. The number of hydrogen-bond donors (Lipinski definition) is 1. The fourth-order valence-electron chi connectivity index (χ4n) is 7.48. The van der Waals surface area contributed by atoms with Crippen LogP contribution in [0.1, 0.15) is 71.0 Å². The molecule has 1 saturated heterocycles. The molecule has 4 atom stereocenters. The Morgan fingerprint density at radius 3 is 2.18 bits per heavy atom. The molecule has 1 N–H and O–H groups in total. The second kappa shape index (κ2) is 17.3. The molecule has 2 unspecified atom stereocenters. The number of rotatable bonds is 11. The van der Waals surface area contributed by atoms with Crippen molar-refractivity contribution in [1.29, 1.82) is 0 Å². The number of nitrogens with zero attached hydrogens (tertiary/aromatic N) is 4. The lowest BCUT2D eigenvalue weighted by atomic mass is 10.1. The summed E-state index contributed by atoms with van der Waals surface area (Å²) in [7, 11) is 1.61. The quantitative estimate of drug-likeness (QED) is 0.161. The second-order valence-corrected chi connectivity index (χ2v) is 21.1. The van der Waals surface area contributed by atoms with Crippen molar-refractivity contribution in [3.8, 4) is 11.5 Å². The summed E-state index contributed by atoms with van der Waals surface area (Å²) in [5, 5.41) is 5.28. The number of amides is 1. The van der Waals surface area contributed by atoms with Crippen LogP contribution in [-0.4, -0.2) is 93.7 Å². The summed E-state index contributed by atoms with van der Waals surface area (Å²) in [6.45, 7) is 12.7. The third kappa shape index (κ3) is 8.77. The van der Waals surface area contributed by atoms with Gasteiger partial charge in [0.05, 0.1) is 40.0 Å². The van der Waals surface area contributed by atoms with Gasteiger partial charge in [0.15, 0.2) is 5.84 Å². The van der Waals surface area contributed by atoms with Crippen LogP contribution in [-0.2, 0) is 25.2 Å². The van der Waals surface area contributed by atoms with E-state index in [1.165, 1.54) is 11.7 Å². The van der Waals surface area contributed by atoms with Gasteiger partial charge in [-0.05, 0) is 64.2 Å². The van der Waals surface area contributed by atoms with Crippen molar-refractivity contribution in [1.82, 2.24) is 19.8 Å². The molecule has 1 aromatic heterocycles. The summed E-state index contributed by atoms with van der Waals surface area (Å²) in [4.78, 5) is 25.1. The summed E-state index contributed by atoms with van der Waals surface area (Å²) in [5.74, 6) is 1.89. The van der Waals surface area contributed by atoms with E-state index < -0.39 is 44.7 Å². The number of benzene rings is 3. The molecule has 0 radical (unpaired) electrons. The van der Waals surface area contributed by atoms with Gasteiger partial charge in [-0.15, -0.1) is 0 Å². The van der Waals surface area contributed by atoms with E-state index in [0.29, 0.717) is 34.2 Å². The molecule has 4 aromatic rings. The molecule has 1 amide bonds. The van der Waals surface area contributed by atoms with Crippen LogP contribution in [0.15, 0.2) is 88.5 Å². The number of ether oxygens (including phenoxy) is 5. The van der Waals surface area contributed by atoms with Crippen molar-refractivity contribution in [2.75, 3.05) is 41.1 Å². The number of fused-ring (bicyclic) bond motifs is 1. The minimum Gasteiger partial charge on any atom is -0.497 e. The zero-order valence-corrected chi connectivity index (χ0v) is 36.6. The van der Waals surface area contributed by atoms with E-state index in [1.54, 1.807) is 25.2 Å². The first kappa shape index (κ1) is 42.3. The van der Waals surface area contributed by atoms with Crippen molar-refractivity contribution < 1.29 is 37.3 Å². The number of methoxy groups -OCH3 is 3. The van der Waals surface area contributed by atoms with Gasteiger partial charge in [0.2, 0.25) is 12.5 Å². The smallest absolute Gasteiger partial charge is 0.410 e. The predicted molar refractivity (Wildman–Crippen MR) is 223 cm³/mol. The number of aliphatic imine (C=N–C) groups is 1. The van der Waals surface area contributed by atoms with Crippen LogP contribution in [0.25, 0.3) is 0 Å². The Morgan fingerprint density at radius 2 is 1.61 bits per heavy atom. The van der Waals surface area contributed by atoms with E-state index in [2.05, 4.69) is 71.3 Å². The van der Waals surface area contributed by atoms with Crippen molar-refractivity contribution in [3.63, 3.8) is 0 Å². The molecule has 6 rings (SSSR count). The Bertz CT molecular complexity index is 2000. The number of aromatic nitrogens is 2. The minimum absolute atomic E-state index is 0.0277. The number of carbonyl (C=O) groups excluding carboxylic acids is 1. The molecule has 0 spiro atoms. The first-order chi connectivity index (χ1) is 27.1. The fourth-order valence-corrected chi connectivity index (χ4v) is 12.6. The number of carbonyl (C=O) groups is 1. The van der Waals surface area contributed by atoms with Crippen LogP contribution in [0.3, 0.4) is 0 Å². The van der Waals surface area contributed by atoms with Gasteiger partial charge in [-0.3, -0.25) is 9.47 Å². The molecule has 15 heteroatoms. The Hall–Kier alpha value is -4.28. The molecule has 1 fully saturated rings. The van der Waals surface area contributed by atoms with Gasteiger partial charge in [0, 0.05) is 25.3 Å². The molecule has 0 aliphatic carbocycles. The molecule has 57 heavy (non-hydrogen) atoms. The molecule has 0 saturated carbocycles. The van der Waals surface area contributed by atoms with Crippen LogP contribution in [0.5, 0.6) is 11.5 Å². The van der Waals surface area contributed by atoms with Crippen molar-refractivity contribution >= 4 is 46.5 Å². The molecule has 2 aliphatic heterocycles. The van der Waals surface area contributed by atoms with Crippen LogP contribution in [0.2, 0.25) is 5.04 Å². The summed E-state index contributed by atoms with van der Waals surface area (Å²) >= 11 is 3.58. The Morgan fingerprint density at radius 1 is 0.965 bits per heavy atom. The van der Waals surface area contributed by atoms with Gasteiger partial charge in [0.25, 0.3) is 8.32 Å². The molecular formula is C42H53BrFN5O7Si. The number of halogens is 2. The van der Waals surface area contributed by atoms with E-state index in [-0.39, 0.29) is 30.6 Å². The number of amidine groups is 1. The highest BCUT2D eigenvalue weighted by Gasteiger charge is 2.51. The SMILES string of the molecule is COc1ccc(CNC2=NC(OC)C(F)n3c([C@H]4CN(C(=O)OC(C)(C)C)[C@H](CO[Si](c5ccccc5)(c5ccccc5)C(C)(C)C)CO4)nc(Br)c32)c(OC)c1. The third-order valence-corrected chi connectivity index (χ3v) is 15.7. The van der Waals surface area contributed by atoms with E-state index >= 15 is 4.39 Å². The molecule has 12 nitrogen and oxygen atoms in total. The summed E-state index contributed by atoms with van der Waals surface area (Å²) in [6.07, 6.45) is -4.28. The molecule has 2 aliphatic rings. The van der Waals surface area contributed by atoms with Crippen LogP contribution in [0, 0.1) is 0 Å². The van der Waals surface area contributed by atoms with Crippen molar-refractivity contribution in [2.45, 2.75) is 83.4 Å². The number of morpholine rings is 1. The monoisotopic (exact) mass is 865 g/mol. The highest BCUT2D eigenvalue weighted by molar-refractivity contribution is 9.10. The predicted octanol–water partition coefficient (Wildman–Crippen LogP) is 6.91. The Kier molecular flexibility index (Phi) is 12.8. The third-order valence-electron chi connectivity index (χ3n) is 10.2. The summed E-state index contributed by atoms with van der Waals surface area (Å²) < 4.78 is 54.5. The van der Waals surface area contributed by atoms with Gasteiger partial charge in [-0.25, -0.2) is 19.2 Å². The highest BCUT2D eigenvalue weighted by atomic mass is 79.9. The topological polar surface area (TPSA) is 118 Å². The average molecular weight is 867 g/mol. The molecule has 3 aromatic carbocycles. The standard InChI is InChI=1S/C42H53BrFN5O7Si/c1-41(2,3)56-40(50)48-24-33(54-25-28(48)26-55-57(42(4,5)6,30-16-12-10-13-17-30)31-18-14-11-15-19-31)38-46-35(43)34-37(47-39(53-9)36(44)49(34)38)45-23-27-20-21-29(51-7)22-32(27)52-8/h10-22,28,33,36,39H,23-26H2,1-9H3,(H,45,47)/t28-,33+,36?,39?/m0/s1. The zero-order chi connectivity index (χ0) is 41.1. The maximum Gasteiger partial charge on any atom is 0.410 e. The normalized spacial score (nSPS) is 20.1. The number of nitrogens with one attached hydrogen (secondary N) is 1. The molecular weight excluding hydrogens is 813 g/mol. The average Bonchev–Trinajstić information content (AvgIpc) is 3.55. The van der Waals surface area contributed by atoms with Crippen LogP contribution >= 0.6 is 15.9 Å². The van der Waals surface area contributed by atoms with Crippen LogP contribution in [0.4, 0.5) is 9.18 Å². The van der Waals surface area contributed by atoms with Crippen LogP contribution < -0.4 is 25.2 Å². The lowest BCUT2D eigenvalue weighted by Crippen LogP contribution is -2.68. The Labute approximate surface area is 343 Å². The summed E-state index contributed by atoms with van der Waals surface area (Å²) in [5.41, 5.74) is 0.431. The molecule has 0 bridgehead atoms. The maximum absolute atomic E-state index is 16.5. The summed E-state index contributed by atoms with van der Waals surface area (Å²) in [6, 6.07) is 25.6. The lowest BCUT2D eigenvalue weighted by Gasteiger charge is -2.46. The largest absolute Gasteiger partial charge is 0.497 e. The molecule has 3 heterocycles. The zero-order valence-electron chi connectivity index (χ0n) is 34.0. The lowest BCUT2D eigenvalue weighted by molar-refractivity contribution is -0.0869. The van der Waals surface area contributed by atoms with Crippen molar-refractivity contribution in [3.05, 3.63) is 101 Å². The van der Waals surface area contributed by atoms with Gasteiger partial charge < -0.3 is 33.4 Å². The minimum atomic E-state index is -2.97. The fraction of sp³-hybridized carbons (Fsp3) is 0.452. The van der Waals surface area contributed by atoms with E-state index in [9.17, 15) is 4.79 Å². The first-order valence-electron chi connectivity index (χ1n) is 19.0. The van der Waals surface area contributed by atoms with Gasteiger partial charge in [0.1, 0.15) is 39.3 Å². The van der Waals surface area contributed by atoms with Gasteiger partial charge >= 0.3 is 6.09 Å². The van der Waals surface area contributed by atoms with Gasteiger partial charge in [-0.2, -0.15) is 0 Å². The first-order valence-corrected chi connectivity index (χ1v) is 21.7. The van der Waals surface area contributed by atoms with Crippen molar-refractivity contribution in [2.24, 2.45) is 4.99 Å². The van der Waals surface area contributed by atoms with E-state index in [1.807, 2.05) is 69.3 Å². The van der Waals surface area contributed by atoms with E-state index in [4.69, 9.17) is 33.1 Å². The Balaban J connectivity index is 1.32. The van der Waals surface area contributed by atoms with Gasteiger partial charge in [-0.1, -0.05) is 81.4 Å². The highest BCUT2D eigenvalue weighted by Crippen LogP contribution is 2.39.